The summed E-state index contributed by atoms with van der Waals surface area (Å²) in [6.45, 7) is 1.12. The van der Waals surface area contributed by atoms with Crippen LogP contribution in [0.4, 0.5) is 0 Å². The lowest BCUT2D eigenvalue weighted by Crippen LogP contribution is -2.26. The number of H-pyrrole nitrogens is 1. The van der Waals surface area contributed by atoms with E-state index < -0.39 is 0 Å². The molecule has 0 aliphatic heterocycles. The van der Waals surface area contributed by atoms with Gasteiger partial charge >= 0.3 is 0 Å². The van der Waals surface area contributed by atoms with E-state index in [0.717, 1.165) is 11.1 Å². The minimum absolute atomic E-state index is 0.0862. The Bertz CT molecular complexity index is 1460. The van der Waals surface area contributed by atoms with Crippen LogP contribution in [0.2, 0.25) is 0 Å². The predicted molar refractivity (Wildman–Crippen MR) is 128 cm³/mol. The summed E-state index contributed by atoms with van der Waals surface area (Å²) >= 11 is 0. The maximum absolute atomic E-state index is 12.6. The molecule has 9 heteroatoms. The van der Waals surface area contributed by atoms with Gasteiger partial charge in [0.25, 0.3) is 5.91 Å². The highest BCUT2D eigenvalue weighted by Gasteiger charge is 2.15. The van der Waals surface area contributed by atoms with E-state index in [4.69, 9.17) is 4.74 Å². The fraction of sp³-hybridized carbons (Fsp3) is 0.120. The monoisotopic (exact) mass is 454 g/mol. The predicted octanol–water partition coefficient (Wildman–Crippen LogP) is 3.63. The number of fused-ring (bicyclic) bond motifs is 1. The number of rotatable bonds is 7. The van der Waals surface area contributed by atoms with Crippen LogP contribution in [-0.4, -0.2) is 49.2 Å². The Morgan fingerprint density at radius 1 is 1.15 bits per heavy atom. The van der Waals surface area contributed by atoms with E-state index in [9.17, 15) is 9.90 Å². The van der Waals surface area contributed by atoms with Crippen molar-refractivity contribution >= 4 is 16.9 Å². The van der Waals surface area contributed by atoms with Crippen molar-refractivity contribution < 1.29 is 14.6 Å². The van der Waals surface area contributed by atoms with Crippen molar-refractivity contribution in [3.05, 3.63) is 79.0 Å². The zero-order chi connectivity index (χ0) is 23.5. The van der Waals surface area contributed by atoms with Crippen LogP contribution in [0.15, 0.2) is 73.4 Å². The Morgan fingerprint density at radius 3 is 2.88 bits per heavy atom. The number of imidazole rings is 2. The molecule has 0 fully saturated rings. The summed E-state index contributed by atoms with van der Waals surface area (Å²) in [7, 11) is 1.57. The molecule has 0 radical (unpaired) electrons. The number of carbonyl (C=O) groups excluding carboxylic acids is 1. The quantitative estimate of drug-likeness (QED) is 0.346. The van der Waals surface area contributed by atoms with Crippen LogP contribution in [0.5, 0.6) is 11.6 Å². The summed E-state index contributed by atoms with van der Waals surface area (Å²) in [4.78, 5) is 28.7. The van der Waals surface area contributed by atoms with Crippen LogP contribution in [-0.2, 0) is 6.54 Å². The van der Waals surface area contributed by atoms with Crippen LogP contribution in [0.1, 0.15) is 10.4 Å². The van der Waals surface area contributed by atoms with Gasteiger partial charge in [-0.2, -0.15) is 0 Å². The van der Waals surface area contributed by atoms with Gasteiger partial charge in [-0.15, -0.1) is 0 Å². The molecule has 3 N–H and O–H groups in total. The summed E-state index contributed by atoms with van der Waals surface area (Å²) in [5, 5.41) is 13.4. The van der Waals surface area contributed by atoms with Crippen LogP contribution >= 0.6 is 0 Å². The number of hydrogen-bond acceptors (Lipinski definition) is 6. The number of nitrogens with zero attached hydrogens (tertiary/aromatic N) is 4. The fourth-order valence-electron chi connectivity index (χ4n) is 3.76. The second-order valence-corrected chi connectivity index (χ2v) is 7.67. The molecular weight excluding hydrogens is 432 g/mol. The van der Waals surface area contributed by atoms with E-state index in [2.05, 4.69) is 25.3 Å². The van der Waals surface area contributed by atoms with E-state index in [1.54, 1.807) is 56.2 Å². The molecule has 9 nitrogen and oxygen atoms in total. The Kier molecular flexibility index (Phi) is 5.65. The molecule has 5 aromatic rings. The van der Waals surface area contributed by atoms with Crippen LogP contribution < -0.4 is 10.1 Å². The number of aromatic nitrogens is 5. The van der Waals surface area contributed by atoms with Crippen molar-refractivity contribution in [1.82, 2.24) is 29.8 Å². The SMILES string of the molecule is COc1ncccc1-c1ccc(O)c(-c2nc3ccc(C(=O)NCCn4ccnc4)cc3[nH]2)c1. The van der Waals surface area contributed by atoms with Crippen molar-refractivity contribution in [2.24, 2.45) is 0 Å². The number of benzene rings is 2. The zero-order valence-electron chi connectivity index (χ0n) is 18.4. The zero-order valence-corrected chi connectivity index (χ0v) is 18.4. The number of aromatic hydroxyl groups is 1. The highest BCUT2D eigenvalue weighted by atomic mass is 16.5. The smallest absolute Gasteiger partial charge is 0.251 e. The Hall–Kier alpha value is -4.66. The van der Waals surface area contributed by atoms with E-state index in [1.807, 2.05) is 29.0 Å². The molecule has 3 heterocycles. The Balaban J connectivity index is 1.41. The van der Waals surface area contributed by atoms with Gasteiger partial charge in [-0.05, 0) is 48.0 Å². The molecule has 0 saturated carbocycles. The van der Waals surface area contributed by atoms with Gasteiger partial charge in [0.05, 0.1) is 30.0 Å². The molecule has 1 amide bonds. The standard InChI is InChI=1S/C25H22N6O3/c1-34-25-18(3-2-8-28-25)16-5-7-22(32)19(13-16)23-29-20-6-4-17(14-21(20)30-23)24(33)27-10-12-31-11-9-26-15-31/h2-9,11,13-15,32H,10,12H2,1H3,(H,27,33)(H,29,30). The third kappa shape index (κ3) is 4.18. The Labute approximate surface area is 195 Å². The third-order valence-corrected chi connectivity index (χ3v) is 5.49. The van der Waals surface area contributed by atoms with E-state index in [0.29, 0.717) is 47.0 Å². The van der Waals surface area contributed by atoms with Gasteiger partial charge < -0.3 is 24.7 Å². The van der Waals surface area contributed by atoms with Gasteiger partial charge in [0.1, 0.15) is 11.6 Å². The van der Waals surface area contributed by atoms with E-state index in [1.165, 1.54) is 0 Å². The lowest BCUT2D eigenvalue weighted by Gasteiger charge is -2.09. The van der Waals surface area contributed by atoms with E-state index in [-0.39, 0.29) is 11.7 Å². The average molecular weight is 454 g/mol. The number of hydrogen-bond donors (Lipinski definition) is 3. The molecular formula is C25H22N6O3. The molecule has 34 heavy (non-hydrogen) atoms. The van der Waals surface area contributed by atoms with Gasteiger partial charge in [-0.1, -0.05) is 6.07 Å². The molecule has 0 unspecified atom stereocenters. The first-order valence-corrected chi connectivity index (χ1v) is 10.7. The average Bonchev–Trinajstić information content (AvgIpc) is 3.53. The molecule has 0 aliphatic carbocycles. The van der Waals surface area contributed by atoms with Crippen molar-refractivity contribution in [2.75, 3.05) is 13.7 Å². The maximum Gasteiger partial charge on any atom is 0.251 e. The lowest BCUT2D eigenvalue weighted by atomic mass is 10.0. The van der Waals surface area contributed by atoms with Crippen molar-refractivity contribution in [3.8, 4) is 34.1 Å². The number of nitrogens with one attached hydrogen (secondary N) is 2. The molecule has 0 atom stereocenters. The molecule has 3 aromatic heterocycles. The highest BCUT2D eigenvalue weighted by Crippen LogP contribution is 2.35. The first-order chi connectivity index (χ1) is 16.6. The summed E-state index contributed by atoms with van der Waals surface area (Å²) in [6.07, 6.45) is 6.92. The van der Waals surface area contributed by atoms with E-state index >= 15 is 0 Å². The topological polar surface area (TPSA) is 118 Å². The molecule has 5 rings (SSSR count). The van der Waals surface area contributed by atoms with Gasteiger partial charge in [-0.3, -0.25) is 4.79 Å². The van der Waals surface area contributed by atoms with Gasteiger partial charge in [0, 0.05) is 42.8 Å². The fourth-order valence-corrected chi connectivity index (χ4v) is 3.76. The molecule has 0 aliphatic rings. The molecule has 170 valence electrons. The summed E-state index contributed by atoms with van der Waals surface area (Å²) in [6, 6.07) is 14.2. The van der Waals surface area contributed by atoms with Gasteiger partial charge in [-0.25, -0.2) is 15.0 Å². The van der Waals surface area contributed by atoms with Gasteiger partial charge in [0.15, 0.2) is 0 Å². The summed E-state index contributed by atoms with van der Waals surface area (Å²) in [5.41, 5.74) is 4.07. The summed E-state index contributed by atoms with van der Waals surface area (Å²) in [5.74, 6) is 0.900. The number of amides is 1. The number of carbonyl (C=O) groups is 1. The van der Waals surface area contributed by atoms with Crippen LogP contribution in [0.3, 0.4) is 0 Å². The number of phenolic OH excluding ortho intramolecular Hbond substituents is 1. The largest absolute Gasteiger partial charge is 0.507 e. The maximum atomic E-state index is 12.6. The highest BCUT2D eigenvalue weighted by molar-refractivity contribution is 5.97. The number of aromatic amines is 1. The lowest BCUT2D eigenvalue weighted by molar-refractivity contribution is 0.0952. The third-order valence-electron chi connectivity index (χ3n) is 5.49. The normalized spacial score (nSPS) is 11.0. The van der Waals surface area contributed by atoms with Crippen LogP contribution in [0, 0.1) is 0 Å². The number of pyridine rings is 1. The Morgan fingerprint density at radius 2 is 2.06 bits per heavy atom. The molecule has 0 saturated heterocycles. The molecule has 2 aromatic carbocycles. The van der Waals surface area contributed by atoms with Crippen molar-refractivity contribution in [2.45, 2.75) is 6.54 Å². The number of methoxy groups -OCH3 is 1. The second kappa shape index (κ2) is 9.07. The van der Waals surface area contributed by atoms with Crippen molar-refractivity contribution in [1.29, 1.82) is 0 Å². The number of ether oxygens (including phenoxy) is 1. The van der Waals surface area contributed by atoms with Crippen LogP contribution in [0.25, 0.3) is 33.5 Å². The minimum Gasteiger partial charge on any atom is -0.507 e. The minimum atomic E-state index is -0.174. The molecule has 0 bridgehead atoms. The molecule has 0 spiro atoms. The first-order valence-electron chi connectivity index (χ1n) is 10.7. The number of phenols is 1. The summed E-state index contributed by atoms with van der Waals surface area (Å²) < 4.78 is 7.26. The second-order valence-electron chi connectivity index (χ2n) is 7.67. The van der Waals surface area contributed by atoms with Crippen molar-refractivity contribution in [3.63, 3.8) is 0 Å². The van der Waals surface area contributed by atoms with Gasteiger partial charge in [0.2, 0.25) is 5.88 Å². The first kappa shape index (κ1) is 21.2.